The van der Waals surface area contributed by atoms with Crippen LogP contribution in [0.15, 0.2) is 60.8 Å². The molecule has 1 amide bonds. The highest BCUT2D eigenvalue weighted by Gasteiger charge is 2.16. The van der Waals surface area contributed by atoms with Gasteiger partial charge in [-0.05, 0) is 29.8 Å². The zero-order valence-electron chi connectivity index (χ0n) is 16.5. The molecule has 0 radical (unpaired) electrons. The summed E-state index contributed by atoms with van der Waals surface area (Å²) in [6.07, 6.45) is 2.12. The van der Waals surface area contributed by atoms with Gasteiger partial charge < -0.3 is 24.6 Å². The van der Waals surface area contributed by atoms with Gasteiger partial charge in [0.05, 0.1) is 5.69 Å². The largest absolute Gasteiger partial charge is 0.445 e. The standard InChI is InChI=1S/C22H21F2N3O4/c23-21(24)31-18-8-6-16(7-9-18)19-13-25-20(27-19)12-17(10-11-28)26-22(29)30-14-15-4-2-1-3-5-15/h1-9,11,13,17,21H,10,12,14H2,(H,25,27)(H,26,29). The molecule has 0 fully saturated rings. The van der Waals surface area contributed by atoms with Crippen molar-refractivity contribution < 1.29 is 27.8 Å². The van der Waals surface area contributed by atoms with E-state index in [4.69, 9.17) is 4.74 Å². The predicted octanol–water partition coefficient (Wildman–Crippen LogP) is 4.10. The Labute approximate surface area is 177 Å². The van der Waals surface area contributed by atoms with E-state index >= 15 is 0 Å². The molecule has 0 aliphatic rings. The average molecular weight is 429 g/mol. The monoisotopic (exact) mass is 429 g/mol. The van der Waals surface area contributed by atoms with E-state index in [9.17, 15) is 18.4 Å². The first-order valence-electron chi connectivity index (χ1n) is 9.54. The van der Waals surface area contributed by atoms with E-state index in [1.54, 1.807) is 18.3 Å². The molecular weight excluding hydrogens is 408 g/mol. The van der Waals surface area contributed by atoms with Gasteiger partial charge in [-0.2, -0.15) is 8.78 Å². The van der Waals surface area contributed by atoms with Crippen molar-refractivity contribution in [2.45, 2.75) is 32.1 Å². The number of H-pyrrole nitrogens is 1. The highest BCUT2D eigenvalue weighted by Crippen LogP contribution is 2.22. The number of benzene rings is 2. The van der Waals surface area contributed by atoms with Crippen LogP contribution in [-0.4, -0.2) is 35.0 Å². The Morgan fingerprint density at radius 2 is 1.87 bits per heavy atom. The summed E-state index contributed by atoms with van der Waals surface area (Å²) in [6, 6.07) is 14.8. The minimum atomic E-state index is -2.88. The molecule has 31 heavy (non-hydrogen) atoms. The van der Waals surface area contributed by atoms with Crippen LogP contribution < -0.4 is 10.1 Å². The lowest BCUT2D eigenvalue weighted by Crippen LogP contribution is -2.37. The second kappa shape index (κ2) is 10.9. The fourth-order valence-electron chi connectivity index (χ4n) is 2.90. The average Bonchev–Trinajstić information content (AvgIpc) is 3.22. The smallest absolute Gasteiger partial charge is 0.407 e. The number of aromatic nitrogens is 2. The zero-order chi connectivity index (χ0) is 22.1. The molecular formula is C22H21F2N3O4. The molecule has 1 heterocycles. The number of hydrogen-bond donors (Lipinski definition) is 2. The number of carbonyl (C=O) groups is 2. The van der Waals surface area contributed by atoms with E-state index in [1.807, 2.05) is 30.3 Å². The Morgan fingerprint density at radius 3 is 2.55 bits per heavy atom. The fourth-order valence-corrected chi connectivity index (χ4v) is 2.90. The molecule has 1 aromatic heterocycles. The van der Waals surface area contributed by atoms with Gasteiger partial charge in [-0.25, -0.2) is 9.78 Å². The van der Waals surface area contributed by atoms with Crippen molar-refractivity contribution in [3.05, 3.63) is 72.2 Å². The van der Waals surface area contributed by atoms with E-state index in [0.717, 1.165) is 5.56 Å². The molecule has 0 spiro atoms. The van der Waals surface area contributed by atoms with Crippen molar-refractivity contribution in [2.75, 3.05) is 0 Å². The number of alkyl carbamates (subject to hydrolysis) is 1. The molecule has 2 N–H and O–H groups in total. The van der Waals surface area contributed by atoms with Gasteiger partial charge in [0.25, 0.3) is 0 Å². The number of halogens is 2. The lowest BCUT2D eigenvalue weighted by molar-refractivity contribution is -0.108. The van der Waals surface area contributed by atoms with E-state index in [1.165, 1.54) is 12.1 Å². The van der Waals surface area contributed by atoms with Crippen molar-refractivity contribution in [3.63, 3.8) is 0 Å². The molecule has 1 unspecified atom stereocenters. The van der Waals surface area contributed by atoms with Gasteiger partial charge in [-0.1, -0.05) is 30.3 Å². The lowest BCUT2D eigenvalue weighted by atomic mass is 10.1. The minimum absolute atomic E-state index is 0.0544. The summed E-state index contributed by atoms with van der Waals surface area (Å²) in [5, 5.41) is 2.67. The Morgan fingerprint density at radius 1 is 1.13 bits per heavy atom. The third-order valence-electron chi connectivity index (χ3n) is 4.36. The van der Waals surface area contributed by atoms with Crippen LogP contribution >= 0.6 is 0 Å². The first-order chi connectivity index (χ1) is 15.0. The maximum atomic E-state index is 12.3. The molecule has 162 valence electrons. The molecule has 2 aromatic carbocycles. The van der Waals surface area contributed by atoms with Crippen molar-refractivity contribution >= 4 is 12.4 Å². The van der Waals surface area contributed by atoms with Gasteiger partial charge in [-0.15, -0.1) is 0 Å². The van der Waals surface area contributed by atoms with Gasteiger partial charge in [0.2, 0.25) is 0 Å². The summed E-state index contributed by atoms with van der Waals surface area (Å²) in [5.41, 5.74) is 2.15. The van der Waals surface area contributed by atoms with Crippen LogP contribution in [0.25, 0.3) is 11.3 Å². The third kappa shape index (κ3) is 6.91. The molecule has 7 nitrogen and oxygen atoms in total. The van der Waals surface area contributed by atoms with Crippen LogP contribution in [0.4, 0.5) is 13.6 Å². The third-order valence-corrected chi connectivity index (χ3v) is 4.36. The lowest BCUT2D eigenvalue weighted by Gasteiger charge is -2.15. The van der Waals surface area contributed by atoms with Crippen LogP contribution in [-0.2, 0) is 22.6 Å². The molecule has 3 rings (SSSR count). The van der Waals surface area contributed by atoms with Crippen LogP contribution in [0.5, 0.6) is 5.75 Å². The summed E-state index contributed by atoms with van der Waals surface area (Å²) in [4.78, 5) is 30.5. The Balaban J connectivity index is 1.57. The van der Waals surface area contributed by atoms with Crippen molar-refractivity contribution in [1.29, 1.82) is 0 Å². The normalized spacial score (nSPS) is 11.7. The highest BCUT2D eigenvalue weighted by molar-refractivity contribution is 5.68. The summed E-state index contributed by atoms with van der Waals surface area (Å²) < 4.78 is 34.0. The van der Waals surface area contributed by atoms with Crippen LogP contribution in [0.3, 0.4) is 0 Å². The quantitative estimate of drug-likeness (QED) is 0.473. The molecule has 0 saturated carbocycles. The van der Waals surface area contributed by atoms with Gasteiger partial charge in [0.1, 0.15) is 24.5 Å². The molecule has 3 aromatic rings. The number of nitrogens with one attached hydrogen (secondary N) is 2. The van der Waals surface area contributed by atoms with Gasteiger partial charge >= 0.3 is 12.7 Å². The molecule has 0 aliphatic carbocycles. The van der Waals surface area contributed by atoms with Crippen LogP contribution in [0, 0.1) is 0 Å². The summed E-state index contributed by atoms with van der Waals surface area (Å²) >= 11 is 0. The number of ether oxygens (including phenoxy) is 2. The zero-order valence-corrected chi connectivity index (χ0v) is 16.5. The molecule has 9 heteroatoms. The molecule has 0 aliphatic heterocycles. The number of nitrogens with zero attached hydrogens (tertiary/aromatic N) is 1. The van der Waals surface area contributed by atoms with E-state index in [0.29, 0.717) is 23.4 Å². The van der Waals surface area contributed by atoms with Crippen molar-refractivity contribution in [2.24, 2.45) is 0 Å². The number of carbonyl (C=O) groups excluding carboxylic acids is 2. The summed E-state index contributed by atoms with van der Waals surface area (Å²) in [6.45, 7) is -2.76. The van der Waals surface area contributed by atoms with E-state index in [-0.39, 0.29) is 25.2 Å². The van der Waals surface area contributed by atoms with Gasteiger partial charge in [0.15, 0.2) is 0 Å². The molecule has 0 bridgehead atoms. The number of aromatic amines is 1. The first-order valence-corrected chi connectivity index (χ1v) is 9.54. The molecule has 0 saturated heterocycles. The van der Waals surface area contributed by atoms with Crippen LogP contribution in [0.2, 0.25) is 0 Å². The second-order valence-electron chi connectivity index (χ2n) is 6.64. The predicted molar refractivity (Wildman–Crippen MR) is 109 cm³/mol. The Kier molecular flexibility index (Phi) is 7.69. The number of hydrogen-bond acceptors (Lipinski definition) is 5. The summed E-state index contributed by atoms with van der Waals surface area (Å²) in [7, 11) is 0. The highest BCUT2D eigenvalue weighted by atomic mass is 19.3. The topological polar surface area (TPSA) is 93.3 Å². The van der Waals surface area contributed by atoms with E-state index in [2.05, 4.69) is 20.0 Å². The van der Waals surface area contributed by atoms with Crippen LogP contribution in [0.1, 0.15) is 17.8 Å². The second-order valence-corrected chi connectivity index (χ2v) is 6.64. The minimum Gasteiger partial charge on any atom is -0.445 e. The maximum Gasteiger partial charge on any atom is 0.407 e. The maximum absolute atomic E-state index is 12.3. The Hall–Kier alpha value is -3.75. The Bertz CT molecular complexity index is 978. The fraction of sp³-hybridized carbons (Fsp3) is 0.227. The van der Waals surface area contributed by atoms with E-state index < -0.39 is 18.7 Å². The van der Waals surface area contributed by atoms with Gasteiger partial charge in [-0.3, -0.25) is 0 Å². The van der Waals surface area contributed by atoms with Crippen molar-refractivity contribution in [3.8, 4) is 17.0 Å². The summed E-state index contributed by atoms with van der Waals surface area (Å²) in [5.74, 6) is 0.608. The SMILES string of the molecule is O=CCC(Cc1nc(-c2ccc(OC(F)F)cc2)c[nH]1)NC(=O)OCc1ccccc1. The number of amides is 1. The number of imidazole rings is 1. The number of alkyl halides is 2. The molecule has 1 atom stereocenters. The van der Waals surface area contributed by atoms with Crippen molar-refractivity contribution in [1.82, 2.24) is 15.3 Å². The first kappa shape index (κ1) is 21.9. The number of aldehydes is 1. The number of rotatable bonds is 10. The van der Waals surface area contributed by atoms with Gasteiger partial charge in [0, 0.05) is 30.6 Å².